The topological polar surface area (TPSA) is 111 Å². The summed E-state index contributed by atoms with van der Waals surface area (Å²) in [5, 5.41) is 3.07. The number of nitrogens with one attached hydrogen (secondary N) is 1. The summed E-state index contributed by atoms with van der Waals surface area (Å²) in [7, 11) is 1.50. The number of carbonyl (C=O) groups is 2. The number of hydrogen-bond acceptors (Lipinski definition) is 6. The highest BCUT2D eigenvalue weighted by molar-refractivity contribution is 7.47. The van der Waals surface area contributed by atoms with Gasteiger partial charge in [0.2, 0.25) is 5.91 Å². The van der Waals surface area contributed by atoms with Crippen molar-refractivity contribution in [3.05, 3.63) is 48.6 Å². The molecule has 464 valence electrons. The Bertz CT molecular complexity index is 1490. The molecule has 0 aromatic heterocycles. The van der Waals surface area contributed by atoms with E-state index in [1.54, 1.807) is 0 Å². The second-order valence-corrected chi connectivity index (χ2v) is 25.8. The fraction of sp³-hybridized carbons (Fsp3) is 0.855. The van der Waals surface area contributed by atoms with E-state index in [0.29, 0.717) is 17.4 Å². The van der Waals surface area contributed by atoms with E-state index >= 15 is 0 Å². The zero-order valence-corrected chi connectivity index (χ0v) is 54.0. The van der Waals surface area contributed by atoms with Crippen LogP contribution < -0.4 is 5.32 Å². The highest BCUT2D eigenvalue weighted by atomic mass is 31.2. The number of quaternary nitrogens is 1. The van der Waals surface area contributed by atoms with E-state index in [4.69, 9.17) is 13.8 Å². The largest absolute Gasteiger partial charge is 0.472 e. The summed E-state index contributed by atoms with van der Waals surface area (Å²) in [4.78, 5) is 37.8. The van der Waals surface area contributed by atoms with Crippen LogP contribution in [0.15, 0.2) is 48.6 Å². The summed E-state index contributed by atoms with van der Waals surface area (Å²) >= 11 is 0. The lowest BCUT2D eigenvalue weighted by Crippen LogP contribution is -2.47. The maximum absolute atomic E-state index is 13.6. The molecule has 9 nitrogen and oxygen atoms in total. The molecule has 0 saturated heterocycles. The average molecular weight is 1130 g/mol. The van der Waals surface area contributed by atoms with E-state index in [1.807, 2.05) is 33.3 Å². The van der Waals surface area contributed by atoms with Crippen LogP contribution in [0.2, 0.25) is 0 Å². The first-order chi connectivity index (χ1) is 38.4. The van der Waals surface area contributed by atoms with Crippen molar-refractivity contribution in [2.24, 2.45) is 0 Å². The van der Waals surface area contributed by atoms with Crippen LogP contribution in [-0.4, -0.2) is 74.3 Å². The van der Waals surface area contributed by atoms with Gasteiger partial charge in [0.1, 0.15) is 19.3 Å². The standard InChI is InChI=1S/C69H131N2O7P/c1-7-10-13-16-19-22-25-27-29-31-32-33-34-35-36-37-38-40-41-43-46-49-52-55-58-61-68(72)70-66(65-77-79(74,75)76-64-63-71(4,5)6)67(60-57-54-51-48-45-24-21-18-15-12-9-3)78-69(73)62-59-56-53-50-47-44-42-39-30-28-26-23-20-17-14-11-8-2/h20,23,27-30,57,60,66-67H,7-19,21-22,24-26,31-56,58-59,61-65H2,1-6H3,(H-,70,72,74,75)/p+1/b23-20-,29-27+,30-28-,60-57-. The maximum Gasteiger partial charge on any atom is 0.472 e. The number of likely N-dealkylation sites (N-methyl/N-ethyl adjacent to an activating group) is 1. The van der Waals surface area contributed by atoms with Gasteiger partial charge in [-0.3, -0.25) is 18.6 Å². The van der Waals surface area contributed by atoms with Gasteiger partial charge < -0.3 is 19.4 Å². The summed E-state index contributed by atoms with van der Waals surface area (Å²) in [6.45, 7) is 7.01. The maximum atomic E-state index is 13.6. The monoisotopic (exact) mass is 1130 g/mol. The Hall–Kier alpha value is -2.03. The predicted octanol–water partition coefficient (Wildman–Crippen LogP) is 21.2. The summed E-state index contributed by atoms with van der Waals surface area (Å²) < 4.78 is 30.7. The summed E-state index contributed by atoms with van der Waals surface area (Å²) in [5.41, 5.74) is 0. The SMILES string of the molecule is CCCCC/C=C\C/C=C\CCCCCCCCCC(=O)OC(/C=C\CCCCCCCCCCC)C(COP(=O)(O)OCC[N+](C)(C)C)NC(=O)CCCCCCCCCCCCCCCCC/C=C/CCCCCCCC. The van der Waals surface area contributed by atoms with E-state index in [9.17, 15) is 19.0 Å². The Balaban J connectivity index is 5.03. The van der Waals surface area contributed by atoms with Gasteiger partial charge in [-0.1, -0.05) is 275 Å². The molecule has 0 radical (unpaired) electrons. The van der Waals surface area contributed by atoms with Crippen molar-refractivity contribution < 1.29 is 37.3 Å². The third-order valence-electron chi connectivity index (χ3n) is 15.2. The van der Waals surface area contributed by atoms with Crippen molar-refractivity contribution in [3.63, 3.8) is 0 Å². The first-order valence-electron chi connectivity index (χ1n) is 34.0. The smallest absolute Gasteiger partial charge is 0.456 e. The molecule has 0 bridgehead atoms. The molecule has 1 amide bonds. The van der Waals surface area contributed by atoms with Gasteiger partial charge in [-0.05, 0) is 89.5 Å². The second kappa shape index (κ2) is 59.1. The van der Waals surface area contributed by atoms with Gasteiger partial charge in [-0.2, -0.15) is 0 Å². The molecular formula is C69H132N2O7P+. The van der Waals surface area contributed by atoms with Crippen molar-refractivity contribution in [2.45, 2.75) is 341 Å². The number of esters is 1. The van der Waals surface area contributed by atoms with Gasteiger partial charge in [0.05, 0.1) is 33.8 Å². The summed E-state index contributed by atoms with van der Waals surface area (Å²) in [6.07, 6.45) is 74.1. The van der Waals surface area contributed by atoms with Crippen LogP contribution in [-0.2, 0) is 27.9 Å². The number of amides is 1. The molecule has 0 aliphatic carbocycles. The Morgan fingerprint density at radius 3 is 1.18 bits per heavy atom. The molecule has 0 rings (SSSR count). The highest BCUT2D eigenvalue weighted by Crippen LogP contribution is 2.43. The molecule has 0 aromatic rings. The summed E-state index contributed by atoms with van der Waals surface area (Å²) in [6, 6.07) is -0.850. The van der Waals surface area contributed by atoms with E-state index in [-0.39, 0.29) is 31.5 Å². The molecule has 10 heteroatoms. The van der Waals surface area contributed by atoms with Crippen molar-refractivity contribution in [1.29, 1.82) is 0 Å². The van der Waals surface area contributed by atoms with Crippen LogP contribution in [0.4, 0.5) is 0 Å². The first kappa shape index (κ1) is 77.0. The average Bonchev–Trinajstić information content (AvgIpc) is 3.41. The molecule has 0 aromatic carbocycles. The van der Waals surface area contributed by atoms with Crippen LogP contribution in [0.5, 0.6) is 0 Å². The van der Waals surface area contributed by atoms with E-state index in [2.05, 4.69) is 62.5 Å². The number of unbranched alkanes of at least 4 members (excludes halogenated alkanes) is 40. The van der Waals surface area contributed by atoms with Crippen molar-refractivity contribution in [2.75, 3.05) is 40.9 Å². The normalized spacial score (nSPS) is 13.9. The third kappa shape index (κ3) is 60.4. The minimum Gasteiger partial charge on any atom is -0.456 e. The van der Waals surface area contributed by atoms with Gasteiger partial charge in [0, 0.05) is 12.8 Å². The minimum atomic E-state index is -4.45. The third-order valence-corrected chi connectivity index (χ3v) is 16.2. The lowest BCUT2D eigenvalue weighted by atomic mass is 10.0. The van der Waals surface area contributed by atoms with Crippen molar-refractivity contribution in [1.82, 2.24) is 5.32 Å². The molecule has 0 heterocycles. The van der Waals surface area contributed by atoms with Gasteiger partial charge >= 0.3 is 13.8 Å². The molecule has 3 atom stereocenters. The number of ether oxygens (including phenoxy) is 1. The lowest BCUT2D eigenvalue weighted by Gasteiger charge is -2.27. The Morgan fingerprint density at radius 1 is 0.443 bits per heavy atom. The van der Waals surface area contributed by atoms with Crippen LogP contribution in [0, 0.1) is 0 Å². The van der Waals surface area contributed by atoms with Crippen LogP contribution in [0.3, 0.4) is 0 Å². The zero-order valence-electron chi connectivity index (χ0n) is 53.1. The van der Waals surface area contributed by atoms with E-state index in [1.165, 1.54) is 218 Å². The zero-order chi connectivity index (χ0) is 57.9. The number of rotatable bonds is 62. The van der Waals surface area contributed by atoms with E-state index in [0.717, 1.165) is 77.0 Å². The van der Waals surface area contributed by atoms with Gasteiger partial charge in [-0.25, -0.2) is 4.57 Å². The number of hydrogen-bond donors (Lipinski definition) is 2. The Kier molecular flexibility index (Phi) is 57.6. The van der Waals surface area contributed by atoms with Gasteiger partial charge in [-0.15, -0.1) is 0 Å². The molecule has 0 aliphatic rings. The summed E-state index contributed by atoms with van der Waals surface area (Å²) in [5.74, 6) is -0.502. The Labute approximate surface area is 490 Å². The molecule has 0 fully saturated rings. The number of carbonyl (C=O) groups excluding carboxylic acids is 2. The van der Waals surface area contributed by atoms with Crippen LogP contribution in [0.1, 0.15) is 329 Å². The van der Waals surface area contributed by atoms with Crippen LogP contribution in [0.25, 0.3) is 0 Å². The molecule has 2 N–H and O–H groups in total. The van der Waals surface area contributed by atoms with Gasteiger partial charge in [0.15, 0.2) is 0 Å². The number of nitrogens with zero attached hydrogens (tertiary/aromatic N) is 1. The Morgan fingerprint density at radius 2 is 0.772 bits per heavy atom. The number of phosphoric acid groups is 1. The molecule has 0 spiro atoms. The minimum absolute atomic E-state index is 0.0399. The van der Waals surface area contributed by atoms with Gasteiger partial charge in [0.25, 0.3) is 0 Å². The lowest BCUT2D eigenvalue weighted by molar-refractivity contribution is -0.870. The first-order valence-corrected chi connectivity index (χ1v) is 35.5. The molecule has 3 unspecified atom stereocenters. The fourth-order valence-electron chi connectivity index (χ4n) is 9.97. The predicted molar refractivity (Wildman–Crippen MR) is 342 cm³/mol. The van der Waals surface area contributed by atoms with Crippen LogP contribution >= 0.6 is 7.82 Å². The quantitative estimate of drug-likeness (QED) is 0.0205. The highest BCUT2D eigenvalue weighted by Gasteiger charge is 2.30. The molecular weight excluding hydrogens is 1000 g/mol. The molecule has 79 heavy (non-hydrogen) atoms. The van der Waals surface area contributed by atoms with Crippen molar-refractivity contribution >= 4 is 19.7 Å². The van der Waals surface area contributed by atoms with E-state index < -0.39 is 20.0 Å². The molecule has 0 aliphatic heterocycles. The number of allylic oxidation sites excluding steroid dienone is 7. The van der Waals surface area contributed by atoms with Crippen molar-refractivity contribution in [3.8, 4) is 0 Å². The fourth-order valence-corrected chi connectivity index (χ4v) is 10.7. The molecule has 0 saturated carbocycles. The number of phosphoric ester groups is 1. The second-order valence-electron chi connectivity index (χ2n) is 24.3.